The number of urea groups is 1. The van der Waals surface area contributed by atoms with Gasteiger partial charge in [-0.1, -0.05) is 29.8 Å². The summed E-state index contributed by atoms with van der Waals surface area (Å²) in [5.74, 6) is -1.86. The highest BCUT2D eigenvalue weighted by Gasteiger charge is 2.27. The molecule has 0 spiro atoms. The summed E-state index contributed by atoms with van der Waals surface area (Å²) in [5.41, 5.74) is 0.470. The summed E-state index contributed by atoms with van der Waals surface area (Å²) in [6, 6.07) is 11.7. The van der Waals surface area contributed by atoms with Crippen molar-refractivity contribution in [3.05, 3.63) is 59.6 Å². The van der Waals surface area contributed by atoms with E-state index in [0.717, 1.165) is 0 Å². The number of carbonyl (C=O) groups excluding carboxylic acids is 3. The smallest absolute Gasteiger partial charge is 0.325 e. The monoisotopic (exact) mass is 453 g/mol. The second-order valence-corrected chi connectivity index (χ2v) is 8.34. The van der Waals surface area contributed by atoms with Crippen molar-refractivity contribution in [2.45, 2.75) is 30.9 Å². The van der Waals surface area contributed by atoms with E-state index in [1.165, 1.54) is 38.1 Å². The molecule has 0 unspecified atom stereocenters. The van der Waals surface area contributed by atoms with Crippen LogP contribution in [0.5, 0.6) is 0 Å². The molecular formula is C19H20ClN3O6S. The molecule has 0 aliphatic rings. The molecule has 3 N–H and O–H groups in total. The molecule has 2 aromatic rings. The van der Waals surface area contributed by atoms with Crippen LogP contribution in [0.15, 0.2) is 59.5 Å². The molecule has 0 radical (unpaired) electrons. The number of nitrogens with one attached hydrogen (secondary N) is 3. The minimum absolute atomic E-state index is 0.0880. The Balaban J connectivity index is 1.88. The zero-order valence-electron chi connectivity index (χ0n) is 16.1. The Labute approximate surface area is 178 Å². The molecule has 0 saturated heterocycles. The van der Waals surface area contributed by atoms with Gasteiger partial charge in [-0.3, -0.25) is 14.9 Å². The number of hydrogen-bond donors (Lipinski definition) is 3. The van der Waals surface area contributed by atoms with Gasteiger partial charge in [0, 0.05) is 10.7 Å². The van der Waals surface area contributed by atoms with E-state index in [-0.39, 0.29) is 4.90 Å². The van der Waals surface area contributed by atoms with Gasteiger partial charge in [-0.25, -0.2) is 13.2 Å². The number of ether oxygens (including phenoxy) is 1. The van der Waals surface area contributed by atoms with Crippen molar-refractivity contribution >= 4 is 45.2 Å². The number of rotatable bonds is 7. The van der Waals surface area contributed by atoms with Crippen LogP contribution in [0.25, 0.3) is 0 Å². The fourth-order valence-electron chi connectivity index (χ4n) is 2.19. The number of anilines is 1. The van der Waals surface area contributed by atoms with Gasteiger partial charge in [0.25, 0.3) is 5.91 Å². The standard InChI is InChI=1S/C19H20ClN3O6S/c1-12(23-30(27,28)16-10-8-14(20)9-11-16)18(25)29-13(2)17(24)22-19(26)21-15-6-4-3-5-7-15/h3-13,23H,1-2H3,(H2,21,22,24,26)/t12-,13-/m1/s1. The van der Waals surface area contributed by atoms with Crippen LogP contribution in [0.3, 0.4) is 0 Å². The zero-order valence-corrected chi connectivity index (χ0v) is 17.7. The van der Waals surface area contributed by atoms with E-state index in [9.17, 15) is 22.8 Å². The summed E-state index contributed by atoms with van der Waals surface area (Å²) in [6.45, 7) is 2.52. The Morgan fingerprint density at radius 2 is 1.57 bits per heavy atom. The second-order valence-electron chi connectivity index (χ2n) is 6.19. The molecule has 3 amide bonds. The first-order chi connectivity index (χ1) is 14.1. The van der Waals surface area contributed by atoms with Crippen LogP contribution in [0, 0.1) is 0 Å². The third-order valence-corrected chi connectivity index (χ3v) is 5.55. The molecule has 30 heavy (non-hydrogen) atoms. The molecule has 0 fully saturated rings. The summed E-state index contributed by atoms with van der Waals surface area (Å²) >= 11 is 5.73. The van der Waals surface area contributed by atoms with Gasteiger partial charge in [0.1, 0.15) is 6.04 Å². The topological polar surface area (TPSA) is 131 Å². The van der Waals surface area contributed by atoms with Crippen LogP contribution >= 0.6 is 11.6 Å². The number of halogens is 1. The molecule has 9 nitrogen and oxygen atoms in total. The van der Waals surface area contributed by atoms with Gasteiger partial charge in [0.15, 0.2) is 6.10 Å². The van der Waals surface area contributed by atoms with Crippen molar-refractivity contribution in [3.63, 3.8) is 0 Å². The van der Waals surface area contributed by atoms with Gasteiger partial charge >= 0.3 is 12.0 Å². The van der Waals surface area contributed by atoms with Crippen LogP contribution in [0.2, 0.25) is 5.02 Å². The lowest BCUT2D eigenvalue weighted by Crippen LogP contribution is -2.45. The average molecular weight is 454 g/mol. The molecule has 0 aliphatic heterocycles. The number of hydrogen-bond acceptors (Lipinski definition) is 6. The molecule has 0 saturated carbocycles. The van der Waals surface area contributed by atoms with Gasteiger partial charge in [-0.15, -0.1) is 0 Å². The molecule has 0 aromatic heterocycles. The molecule has 0 heterocycles. The molecular weight excluding hydrogens is 434 g/mol. The summed E-state index contributed by atoms with van der Waals surface area (Å²) < 4.78 is 31.7. The first-order valence-corrected chi connectivity index (χ1v) is 10.6. The highest BCUT2D eigenvalue weighted by atomic mass is 35.5. The van der Waals surface area contributed by atoms with Crippen molar-refractivity contribution < 1.29 is 27.5 Å². The minimum atomic E-state index is -4.01. The third kappa shape index (κ3) is 6.83. The molecule has 2 aromatic carbocycles. The number of benzene rings is 2. The SMILES string of the molecule is C[C@@H](NS(=O)(=O)c1ccc(Cl)cc1)C(=O)O[C@H](C)C(=O)NC(=O)Nc1ccccc1. The van der Waals surface area contributed by atoms with Crippen LogP contribution in [0.1, 0.15) is 13.8 Å². The maximum Gasteiger partial charge on any atom is 0.325 e. The van der Waals surface area contributed by atoms with Gasteiger partial charge in [-0.05, 0) is 50.2 Å². The van der Waals surface area contributed by atoms with Gasteiger partial charge in [0.05, 0.1) is 4.90 Å². The Hall–Kier alpha value is -2.95. The number of para-hydroxylation sites is 1. The summed E-state index contributed by atoms with van der Waals surface area (Å²) in [7, 11) is -4.01. The van der Waals surface area contributed by atoms with E-state index < -0.39 is 40.1 Å². The van der Waals surface area contributed by atoms with E-state index in [1.807, 2.05) is 5.32 Å². The van der Waals surface area contributed by atoms with E-state index in [0.29, 0.717) is 10.7 Å². The summed E-state index contributed by atoms with van der Waals surface area (Å²) in [6.07, 6.45) is -1.33. The van der Waals surface area contributed by atoms with E-state index in [4.69, 9.17) is 16.3 Å². The summed E-state index contributed by atoms with van der Waals surface area (Å²) in [5, 5.41) is 4.84. The number of sulfonamides is 1. The first kappa shape index (κ1) is 23.3. The molecule has 11 heteroatoms. The highest BCUT2D eigenvalue weighted by molar-refractivity contribution is 7.89. The number of esters is 1. The third-order valence-electron chi connectivity index (χ3n) is 3.74. The fraction of sp³-hybridized carbons (Fsp3) is 0.211. The van der Waals surface area contributed by atoms with Crippen molar-refractivity contribution in [3.8, 4) is 0 Å². The van der Waals surface area contributed by atoms with Crippen LogP contribution in [-0.4, -0.2) is 38.5 Å². The lowest BCUT2D eigenvalue weighted by Gasteiger charge is -2.17. The molecule has 0 aliphatic carbocycles. The van der Waals surface area contributed by atoms with Gasteiger partial charge < -0.3 is 10.1 Å². The van der Waals surface area contributed by atoms with Crippen LogP contribution in [-0.2, 0) is 24.3 Å². The van der Waals surface area contributed by atoms with Gasteiger partial charge in [-0.2, -0.15) is 4.72 Å². The number of imide groups is 1. The molecule has 2 rings (SSSR count). The largest absolute Gasteiger partial charge is 0.451 e. The predicted octanol–water partition coefficient (Wildman–Crippen LogP) is 2.29. The highest BCUT2D eigenvalue weighted by Crippen LogP contribution is 2.14. The summed E-state index contributed by atoms with van der Waals surface area (Å²) in [4.78, 5) is 35.9. The van der Waals surface area contributed by atoms with E-state index >= 15 is 0 Å². The molecule has 2 atom stereocenters. The van der Waals surface area contributed by atoms with Crippen molar-refractivity contribution in [1.82, 2.24) is 10.0 Å². The van der Waals surface area contributed by atoms with Crippen molar-refractivity contribution in [2.75, 3.05) is 5.32 Å². The average Bonchev–Trinajstić information content (AvgIpc) is 2.68. The Bertz CT molecular complexity index is 1010. The zero-order chi connectivity index (χ0) is 22.3. The fourth-order valence-corrected chi connectivity index (χ4v) is 3.51. The van der Waals surface area contributed by atoms with Gasteiger partial charge in [0.2, 0.25) is 10.0 Å². The molecule has 0 bridgehead atoms. The Morgan fingerprint density at radius 3 is 2.17 bits per heavy atom. The normalized spacial score (nSPS) is 13.0. The van der Waals surface area contributed by atoms with Crippen molar-refractivity contribution in [1.29, 1.82) is 0 Å². The van der Waals surface area contributed by atoms with Crippen molar-refractivity contribution in [2.24, 2.45) is 0 Å². The maximum absolute atomic E-state index is 12.3. The lowest BCUT2D eigenvalue weighted by molar-refractivity contribution is -0.155. The number of carbonyl (C=O) groups is 3. The predicted molar refractivity (Wildman–Crippen MR) is 110 cm³/mol. The first-order valence-electron chi connectivity index (χ1n) is 8.74. The lowest BCUT2D eigenvalue weighted by atomic mass is 10.3. The Kier molecular flexibility index (Phi) is 7.93. The second kappa shape index (κ2) is 10.2. The Morgan fingerprint density at radius 1 is 0.967 bits per heavy atom. The van der Waals surface area contributed by atoms with Crippen LogP contribution < -0.4 is 15.4 Å². The molecule has 160 valence electrons. The van der Waals surface area contributed by atoms with Crippen LogP contribution in [0.4, 0.5) is 10.5 Å². The minimum Gasteiger partial charge on any atom is -0.451 e. The maximum atomic E-state index is 12.3. The van der Waals surface area contributed by atoms with E-state index in [2.05, 4.69) is 10.0 Å². The number of amides is 3. The van der Waals surface area contributed by atoms with E-state index in [1.54, 1.807) is 30.3 Å². The quantitative estimate of drug-likeness (QED) is 0.551.